The molecule has 3 nitrogen and oxygen atoms in total. The standard InChI is InChI=1S/C16H17BrN2O/c17-16-7-6-13(10-18-16)11-19-8-9-20-15(12-19)14-4-2-1-3-5-14/h1-7,10,15H,8-9,11-12H2. The van der Waals surface area contributed by atoms with Crippen LogP contribution >= 0.6 is 15.9 Å². The van der Waals surface area contributed by atoms with E-state index in [4.69, 9.17) is 4.74 Å². The number of pyridine rings is 1. The summed E-state index contributed by atoms with van der Waals surface area (Å²) in [5.41, 5.74) is 2.49. The fourth-order valence-corrected chi connectivity index (χ4v) is 2.71. The lowest BCUT2D eigenvalue weighted by molar-refractivity contribution is -0.0329. The summed E-state index contributed by atoms with van der Waals surface area (Å²) in [7, 11) is 0. The number of aromatic nitrogens is 1. The molecule has 1 aliphatic rings. The highest BCUT2D eigenvalue weighted by atomic mass is 79.9. The molecule has 1 aromatic carbocycles. The average molecular weight is 333 g/mol. The summed E-state index contributed by atoms with van der Waals surface area (Å²) < 4.78 is 6.77. The fourth-order valence-electron chi connectivity index (χ4n) is 2.47. The van der Waals surface area contributed by atoms with Gasteiger partial charge in [-0.15, -0.1) is 0 Å². The third-order valence-electron chi connectivity index (χ3n) is 3.52. The Bertz CT molecular complexity index is 544. The predicted molar refractivity (Wildman–Crippen MR) is 82.3 cm³/mol. The van der Waals surface area contributed by atoms with E-state index >= 15 is 0 Å². The van der Waals surface area contributed by atoms with Crippen LogP contribution in [0.1, 0.15) is 17.2 Å². The van der Waals surface area contributed by atoms with Gasteiger partial charge in [-0.05, 0) is 33.1 Å². The SMILES string of the molecule is Brc1ccc(CN2CCOC(c3ccccc3)C2)cn1. The molecule has 4 heteroatoms. The zero-order valence-electron chi connectivity index (χ0n) is 11.2. The van der Waals surface area contributed by atoms with Crippen molar-refractivity contribution in [1.82, 2.24) is 9.88 Å². The molecule has 0 saturated carbocycles. The van der Waals surface area contributed by atoms with E-state index in [0.717, 1.165) is 30.8 Å². The van der Waals surface area contributed by atoms with Crippen LogP contribution in [0.2, 0.25) is 0 Å². The molecule has 0 bridgehead atoms. The second-order valence-corrected chi connectivity index (χ2v) is 5.81. The van der Waals surface area contributed by atoms with Gasteiger partial charge < -0.3 is 4.74 Å². The first-order chi connectivity index (χ1) is 9.81. The van der Waals surface area contributed by atoms with Gasteiger partial charge in [-0.25, -0.2) is 4.98 Å². The van der Waals surface area contributed by atoms with Gasteiger partial charge in [0.25, 0.3) is 0 Å². The van der Waals surface area contributed by atoms with Crippen LogP contribution in [-0.4, -0.2) is 29.6 Å². The Balaban J connectivity index is 1.65. The number of rotatable bonds is 3. The lowest BCUT2D eigenvalue weighted by atomic mass is 10.1. The summed E-state index contributed by atoms with van der Waals surface area (Å²) in [4.78, 5) is 6.70. The van der Waals surface area contributed by atoms with Crippen molar-refractivity contribution < 1.29 is 4.74 Å². The first-order valence-electron chi connectivity index (χ1n) is 6.80. The maximum absolute atomic E-state index is 5.89. The van der Waals surface area contributed by atoms with Crippen LogP contribution < -0.4 is 0 Å². The number of morpholine rings is 1. The summed E-state index contributed by atoms with van der Waals surface area (Å²) in [6.45, 7) is 3.61. The number of halogens is 1. The highest BCUT2D eigenvalue weighted by Gasteiger charge is 2.21. The smallest absolute Gasteiger partial charge is 0.106 e. The number of ether oxygens (including phenoxy) is 1. The van der Waals surface area contributed by atoms with Crippen molar-refractivity contribution in [2.75, 3.05) is 19.7 Å². The highest BCUT2D eigenvalue weighted by molar-refractivity contribution is 9.10. The minimum absolute atomic E-state index is 0.174. The zero-order chi connectivity index (χ0) is 13.8. The van der Waals surface area contributed by atoms with Crippen LogP contribution in [0.15, 0.2) is 53.3 Å². The number of hydrogen-bond acceptors (Lipinski definition) is 3. The van der Waals surface area contributed by atoms with Gasteiger partial charge >= 0.3 is 0 Å². The molecule has 1 saturated heterocycles. The van der Waals surface area contributed by atoms with Gasteiger partial charge in [-0.2, -0.15) is 0 Å². The molecule has 3 rings (SSSR count). The molecular weight excluding hydrogens is 316 g/mol. The third-order valence-corrected chi connectivity index (χ3v) is 3.99. The summed E-state index contributed by atoms with van der Waals surface area (Å²) in [5.74, 6) is 0. The molecule has 1 atom stereocenters. The van der Waals surface area contributed by atoms with Crippen LogP contribution in [0.25, 0.3) is 0 Å². The Kier molecular flexibility index (Phi) is 4.45. The minimum Gasteiger partial charge on any atom is -0.371 e. The first kappa shape index (κ1) is 13.7. The Hall–Kier alpha value is -1.23. The van der Waals surface area contributed by atoms with Crippen molar-refractivity contribution in [2.24, 2.45) is 0 Å². The van der Waals surface area contributed by atoms with Crippen molar-refractivity contribution in [3.63, 3.8) is 0 Å². The Morgan fingerprint density at radius 3 is 2.80 bits per heavy atom. The molecular formula is C16H17BrN2O. The molecule has 1 fully saturated rings. The van der Waals surface area contributed by atoms with Crippen LogP contribution in [0.5, 0.6) is 0 Å². The highest BCUT2D eigenvalue weighted by Crippen LogP contribution is 2.23. The van der Waals surface area contributed by atoms with Crippen molar-refractivity contribution in [1.29, 1.82) is 0 Å². The van der Waals surface area contributed by atoms with Gasteiger partial charge in [-0.1, -0.05) is 36.4 Å². The summed E-state index contributed by atoms with van der Waals surface area (Å²) in [6, 6.07) is 14.5. The van der Waals surface area contributed by atoms with Crippen LogP contribution in [-0.2, 0) is 11.3 Å². The van der Waals surface area contributed by atoms with E-state index in [1.807, 2.05) is 18.3 Å². The predicted octanol–water partition coefficient (Wildman–Crippen LogP) is 3.42. The maximum Gasteiger partial charge on any atom is 0.106 e. The van der Waals surface area contributed by atoms with Crippen LogP contribution in [0.4, 0.5) is 0 Å². The molecule has 0 radical (unpaired) electrons. The second-order valence-electron chi connectivity index (χ2n) is 4.99. The lowest BCUT2D eigenvalue weighted by Gasteiger charge is -2.33. The average Bonchev–Trinajstić information content (AvgIpc) is 2.51. The molecule has 104 valence electrons. The molecule has 2 heterocycles. The Labute approximate surface area is 127 Å². The molecule has 1 aliphatic heterocycles. The zero-order valence-corrected chi connectivity index (χ0v) is 12.8. The largest absolute Gasteiger partial charge is 0.371 e. The number of hydrogen-bond donors (Lipinski definition) is 0. The Morgan fingerprint density at radius 2 is 2.05 bits per heavy atom. The molecule has 0 amide bonds. The third kappa shape index (κ3) is 3.45. The van der Waals surface area contributed by atoms with Crippen molar-refractivity contribution >= 4 is 15.9 Å². The topological polar surface area (TPSA) is 25.4 Å². The molecule has 0 N–H and O–H groups in total. The second kappa shape index (κ2) is 6.48. The minimum atomic E-state index is 0.174. The quantitative estimate of drug-likeness (QED) is 0.805. The number of benzene rings is 1. The molecule has 0 spiro atoms. The van der Waals surface area contributed by atoms with Gasteiger partial charge in [-0.3, -0.25) is 4.90 Å². The monoisotopic (exact) mass is 332 g/mol. The molecule has 0 aliphatic carbocycles. The molecule has 2 aromatic rings. The molecule has 1 aromatic heterocycles. The van der Waals surface area contributed by atoms with Gasteiger partial charge in [0.2, 0.25) is 0 Å². The lowest BCUT2D eigenvalue weighted by Crippen LogP contribution is -2.37. The van der Waals surface area contributed by atoms with Crippen LogP contribution in [0, 0.1) is 0 Å². The van der Waals surface area contributed by atoms with E-state index in [9.17, 15) is 0 Å². The Morgan fingerprint density at radius 1 is 1.20 bits per heavy atom. The van der Waals surface area contributed by atoms with Gasteiger partial charge in [0.05, 0.1) is 12.7 Å². The van der Waals surface area contributed by atoms with Crippen molar-refractivity contribution in [3.05, 3.63) is 64.4 Å². The van der Waals surface area contributed by atoms with E-state index in [0.29, 0.717) is 0 Å². The van der Waals surface area contributed by atoms with E-state index < -0.39 is 0 Å². The van der Waals surface area contributed by atoms with Gasteiger partial charge in [0.1, 0.15) is 4.60 Å². The van der Waals surface area contributed by atoms with E-state index in [1.165, 1.54) is 11.1 Å². The van der Waals surface area contributed by atoms with E-state index in [1.54, 1.807) is 0 Å². The first-order valence-corrected chi connectivity index (χ1v) is 7.60. The van der Waals surface area contributed by atoms with Crippen molar-refractivity contribution in [2.45, 2.75) is 12.6 Å². The maximum atomic E-state index is 5.89. The van der Waals surface area contributed by atoms with E-state index in [-0.39, 0.29) is 6.10 Å². The normalized spacial score (nSPS) is 19.9. The fraction of sp³-hybridized carbons (Fsp3) is 0.312. The molecule has 20 heavy (non-hydrogen) atoms. The van der Waals surface area contributed by atoms with Crippen LogP contribution in [0.3, 0.4) is 0 Å². The number of nitrogens with zero attached hydrogens (tertiary/aromatic N) is 2. The summed E-state index contributed by atoms with van der Waals surface area (Å²) in [5, 5.41) is 0. The van der Waals surface area contributed by atoms with E-state index in [2.05, 4.69) is 56.1 Å². The van der Waals surface area contributed by atoms with Crippen molar-refractivity contribution in [3.8, 4) is 0 Å². The summed E-state index contributed by atoms with van der Waals surface area (Å²) in [6.07, 6.45) is 2.10. The summed E-state index contributed by atoms with van der Waals surface area (Å²) >= 11 is 3.37. The van der Waals surface area contributed by atoms with Gasteiger partial charge in [0, 0.05) is 25.8 Å². The van der Waals surface area contributed by atoms with Gasteiger partial charge in [0.15, 0.2) is 0 Å². The molecule has 1 unspecified atom stereocenters.